The highest BCUT2D eigenvalue weighted by molar-refractivity contribution is 5.92. The first kappa shape index (κ1) is 8.82. The Kier molecular flexibility index (Phi) is 2.89. The lowest BCUT2D eigenvalue weighted by molar-refractivity contribution is -0.112. The zero-order valence-electron chi connectivity index (χ0n) is 7.13. The Morgan fingerprint density at radius 2 is 2.50 bits per heavy atom. The van der Waals surface area contributed by atoms with Crippen LogP contribution in [0.15, 0.2) is 11.6 Å². The first-order valence-electron chi connectivity index (χ1n) is 3.87. The number of carbonyl (C=O) groups excluding carboxylic acids is 1. The molecule has 0 radical (unpaired) electrons. The monoisotopic (exact) mass is 164 g/mol. The Balaban J connectivity index is 2.56. The molecule has 0 aliphatic carbocycles. The second-order valence-electron chi connectivity index (χ2n) is 2.86. The molecule has 0 unspecified atom stereocenters. The van der Waals surface area contributed by atoms with Gasteiger partial charge in [0, 0.05) is 18.7 Å². The largest absolute Gasteiger partial charge is 0.359 e. The molecule has 0 atom stereocenters. The summed E-state index contributed by atoms with van der Waals surface area (Å²) in [6.45, 7) is 1.90. The fourth-order valence-electron chi connectivity index (χ4n) is 1.03. The number of rotatable bonds is 0. The van der Waals surface area contributed by atoms with E-state index in [1.807, 2.05) is 6.08 Å². The SMILES string of the molecule is CN1CC=C(C#CC(N)=O)CC1. The molecular weight excluding hydrogens is 152 g/mol. The molecule has 0 spiro atoms. The Bertz CT molecular complexity index is 270. The van der Waals surface area contributed by atoms with Crippen molar-refractivity contribution in [3.8, 4) is 11.8 Å². The van der Waals surface area contributed by atoms with Crippen LogP contribution < -0.4 is 5.73 Å². The van der Waals surface area contributed by atoms with Crippen LogP contribution >= 0.6 is 0 Å². The van der Waals surface area contributed by atoms with Crippen molar-refractivity contribution < 1.29 is 4.79 Å². The number of nitrogens with zero attached hydrogens (tertiary/aromatic N) is 1. The van der Waals surface area contributed by atoms with E-state index in [0.717, 1.165) is 25.1 Å². The van der Waals surface area contributed by atoms with Crippen molar-refractivity contribution in [1.82, 2.24) is 4.90 Å². The van der Waals surface area contributed by atoms with Gasteiger partial charge in [0.25, 0.3) is 5.91 Å². The summed E-state index contributed by atoms with van der Waals surface area (Å²) >= 11 is 0. The van der Waals surface area contributed by atoms with E-state index < -0.39 is 5.91 Å². The molecule has 2 N–H and O–H groups in total. The third kappa shape index (κ3) is 2.77. The van der Waals surface area contributed by atoms with E-state index >= 15 is 0 Å². The molecule has 12 heavy (non-hydrogen) atoms. The predicted octanol–water partition coefficient (Wildman–Crippen LogP) is -0.263. The van der Waals surface area contributed by atoms with E-state index in [4.69, 9.17) is 5.73 Å². The molecule has 0 aromatic carbocycles. The number of carbonyl (C=O) groups is 1. The van der Waals surface area contributed by atoms with Crippen molar-refractivity contribution in [2.24, 2.45) is 5.73 Å². The van der Waals surface area contributed by atoms with Crippen LogP contribution in [0.25, 0.3) is 0 Å². The number of nitrogens with two attached hydrogens (primary N) is 1. The van der Waals surface area contributed by atoms with Crippen molar-refractivity contribution in [2.45, 2.75) is 6.42 Å². The van der Waals surface area contributed by atoms with E-state index in [9.17, 15) is 4.79 Å². The average Bonchev–Trinajstić information content (AvgIpc) is 2.03. The van der Waals surface area contributed by atoms with Crippen molar-refractivity contribution in [2.75, 3.05) is 20.1 Å². The van der Waals surface area contributed by atoms with Gasteiger partial charge in [-0.25, -0.2) is 0 Å². The first-order chi connectivity index (χ1) is 5.68. The Labute approximate surface area is 72.2 Å². The molecule has 1 heterocycles. The van der Waals surface area contributed by atoms with Crippen LogP contribution in [0.5, 0.6) is 0 Å². The van der Waals surface area contributed by atoms with Gasteiger partial charge in [-0.15, -0.1) is 0 Å². The molecule has 0 aromatic heterocycles. The van der Waals surface area contributed by atoms with Crippen molar-refractivity contribution in [3.63, 3.8) is 0 Å². The van der Waals surface area contributed by atoms with Crippen LogP contribution in [0.2, 0.25) is 0 Å². The predicted molar refractivity (Wildman–Crippen MR) is 47.2 cm³/mol. The van der Waals surface area contributed by atoms with Gasteiger partial charge in [0.2, 0.25) is 0 Å². The second-order valence-corrected chi connectivity index (χ2v) is 2.86. The van der Waals surface area contributed by atoms with Gasteiger partial charge < -0.3 is 10.6 Å². The Morgan fingerprint density at radius 3 is 3.00 bits per heavy atom. The molecule has 0 bridgehead atoms. The molecule has 1 aliphatic rings. The van der Waals surface area contributed by atoms with Gasteiger partial charge in [0.05, 0.1) is 0 Å². The maximum Gasteiger partial charge on any atom is 0.293 e. The molecule has 0 saturated heterocycles. The van der Waals surface area contributed by atoms with Crippen molar-refractivity contribution in [1.29, 1.82) is 0 Å². The third-order valence-corrected chi connectivity index (χ3v) is 1.76. The Morgan fingerprint density at radius 1 is 1.75 bits per heavy atom. The molecular formula is C9H12N2O. The summed E-state index contributed by atoms with van der Waals surface area (Å²) in [7, 11) is 2.05. The number of amides is 1. The Hall–Kier alpha value is -1.27. The number of likely N-dealkylation sites (N-methyl/N-ethyl adjacent to an activating group) is 1. The van der Waals surface area contributed by atoms with Crippen LogP contribution in [0, 0.1) is 11.8 Å². The lowest BCUT2D eigenvalue weighted by Crippen LogP contribution is -2.23. The van der Waals surface area contributed by atoms with Gasteiger partial charge >= 0.3 is 0 Å². The molecule has 0 fully saturated rings. The van der Waals surface area contributed by atoms with E-state index in [1.165, 1.54) is 0 Å². The molecule has 1 rings (SSSR count). The summed E-state index contributed by atoms with van der Waals surface area (Å²) < 4.78 is 0. The minimum Gasteiger partial charge on any atom is -0.359 e. The quantitative estimate of drug-likeness (QED) is 0.501. The number of hydrogen-bond acceptors (Lipinski definition) is 2. The normalized spacial score (nSPS) is 17.6. The van der Waals surface area contributed by atoms with Crippen LogP contribution in [0.4, 0.5) is 0 Å². The summed E-state index contributed by atoms with van der Waals surface area (Å²) in [5.41, 5.74) is 5.91. The van der Waals surface area contributed by atoms with Crippen LogP contribution in [-0.2, 0) is 4.79 Å². The highest BCUT2D eigenvalue weighted by Crippen LogP contribution is 2.06. The van der Waals surface area contributed by atoms with Gasteiger partial charge in [-0.1, -0.05) is 12.0 Å². The highest BCUT2D eigenvalue weighted by atomic mass is 16.1. The first-order valence-corrected chi connectivity index (χ1v) is 3.87. The minimum absolute atomic E-state index is 0.560. The topological polar surface area (TPSA) is 46.3 Å². The maximum absolute atomic E-state index is 10.3. The molecule has 3 nitrogen and oxygen atoms in total. The van der Waals surface area contributed by atoms with E-state index in [-0.39, 0.29) is 0 Å². The zero-order chi connectivity index (χ0) is 8.97. The smallest absolute Gasteiger partial charge is 0.293 e. The molecule has 0 aromatic rings. The lowest BCUT2D eigenvalue weighted by atomic mass is 10.1. The van der Waals surface area contributed by atoms with Crippen molar-refractivity contribution in [3.05, 3.63) is 11.6 Å². The molecule has 1 aliphatic heterocycles. The van der Waals surface area contributed by atoms with Crippen LogP contribution in [-0.4, -0.2) is 30.9 Å². The van der Waals surface area contributed by atoms with Gasteiger partial charge in [0.15, 0.2) is 0 Å². The standard InChI is InChI=1S/C9H12N2O/c1-11-6-4-8(5-7-11)2-3-9(10)12/h4H,5-7H2,1H3,(H2,10,12). The summed E-state index contributed by atoms with van der Waals surface area (Å²) in [5.74, 6) is 4.52. The van der Waals surface area contributed by atoms with Crippen LogP contribution in [0.3, 0.4) is 0 Å². The van der Waals surface area contributed by atoms with Gasteiger partial charge in [-0.2, -0.15) is 0 Å². The highest BCUT2D eigenvalue weighted by Gasteiger charge is 2.04. The van der Waals surface area contributed by atoms with E-state index in [2.05, 4.69) is 23.8 Å². The summed E-state index contributed by atoms with van der Waals surface area (Å²) in [6, 6.07) is 0. The fourth-order valence-corrected chi connectivity index (χ4v) is 1.03. The maximum atomic E-state index is 10.3. The van der Waals surface area contributed by atoms with Gasteiger partial charge in [0.1, 0.15) is 0 Å². The summed E-state index contributed by atoms with van der Waals surface area (Å²) in [6.07, 6.45) is 2.94. The van der Waals surface area contributed by atoms with Crippen LogP contribution in [0.1, 0.15) is 6.42 Å². The zero-order valence-corrected chi connectivity index (χ0v) is 7.13. The lowest BCUT2D eigenvalue weighted by Gasteiger charge is -2.18. The van der Waals surface area contributed by atoms with Gasteiger partial charge in [-0.3, -0.25) is 4.79 Å². The summed E-state index contributed by atoms with van der Waals surface area (Å²) in [4.78, 5) is 12.5. The van der Waals surface area contributed by atoms with Crippen molar-refractivity contribution >= 4 is 5.91 Å². The van der Waals surface area contributed by atoms with E-state index in [0.29, 0.717) is 0 Å². The third-order valence-electron chi connectivity index (χ3n) is 1.76. The fraction of sp³-hybridized carbons (Fsp3) is 0.444. The number of hydrogen-bond donors (Lipinski definition) is 1. The molecule has 64 valence electrons. The average molecular weight is 164 g/mol. The minimum atomic E-state index is -0.560. The molecule has 1 amide bonds. The molecule has 0 saturated carbocycles. The molecule has 3 heteroatoms. The van der Waals surface area contributed by atoms with E-state index in [1.54, 1.807) is 0 Å². The number of primary amides is 1. The second kappa shape index (κ2) is 3.93. The van der Waals surface area contributed by atoms with Gasteiger partial charge in [-0.05, 0) is 19.4 Å². The summed E-state index contributed by atoms with van der Waals surface area (Å²) in [5, 5.41) is 0.